The lowest BCUT2D eigenvalue weighted by Gasteiger charge is -2.15. The lowest BCUT2D eigenvalue weighted by Crippen LogP contribution is -2.27. The molecule has 1 atom stereocenters. The van der Waals surface area contributed by atoms with Gasteiger partial charge < -0.3 is 15.5 Å². The van der Waals surface area contributed by atoms with Crippen molar-refractivity contribution in [2.24, 2.45) is 0 Å². The number of benzene rings is 2. The summed E-state index contributed by atoms with van der Waals surface area (Å²) < 4.78 is 0. The number of fused-ring (bicyclic) bond motifs is 1. The van der Waals surface area contributed by atoms with Crippen LogP contribution < -0.4 is 5.32 Å². The molecular formula is C29H47NO3. The van der Waals surface area contributed by atoms with E-state index < -0.39 is 12.1 Å². The average molecular weight is 458 g/mol. The van der Waals surface area contributed by atoms with Crippen LogP contribution in [0.3, 0.4) is 0 Å². The van der Waals surface area contributed by atoms with Gasteiger partial charge in [0.15, 0.2) is 0 Å². The van der Waals surface area contributed by atoms with Crippen molar-refractivity contribution in [3.8, 4) is 0 Å². The number of hydrogen-bond acceptors (Lipinski definition) is 3. The van der Waals surface area contributed by atoms with E-state index in [2.05, 4.69) is 50.4 Å². The number of aliphatic carboxylic acids is 1. The first kappa shape index (κ1) is 29.1. The van der Waals surface area contributed by atoms with Gasteiger partial charge in [0, 0.05) is 19.0 Å². The van der Waals surface area contributed by atoms with Crippen molar-refractivity contribution in [1.29, 1.82) is 0 Å². The van der Waals surface area contributed by atoms with Gasteiger partial charge >= 0.3 is 5.97 Å². The lowest BCUT2D eigenvalue weighted by molar-refractivity contribution is -0.137. The minimum atomic E-state index is -0.657. The standard InChI is InChI=1S/C15H19NO.C14H28O2/c1-11(2)16-10-15(17)14-8-7-12-5-3-4-6-13(12)9-14;1-2-3-4-5-6-7-8-9-10-11-12-13-14(15)16/h3-9,11,15-17H,10H2,1-2H3;2-13H2,1H3,(H,15,16). The highest BCUT2D eigenvalue weighted by atomic mass is 16.4. The molecule has 0 bridgehead atoms. The van der Waals surface area contributed by atoms with Gasteiger partial charge in [0.25, 0.3) is 0 Å². The number of carbonyl (C=O) groups is 1. The van der Waals surface area contributed by atoms with Crippen LogP contribution in [0.1, 0.15) is 109 Å². The number of rotatable bonds is 16. The molecule has 2 rings (SSSR count). The molecule has 0 amide bonds. The van der Waals surface area contributed by atoms with Crippen molar-refractivity contribution in [1.82, 2.24) is 5.32 Å². The van der Waals surface area contributed by atoms with Crippen LogP contribution in [0.4, 0.5) is 0 Å². The van der Waals surface area contributed by atoms with Crippen LogP contribution in [0.15, 0.2) is 42.5 Å². The summed E-state index contributed by atoms with van der Waals surface area (Å²) in [4.78, 5) is 10.3. The third-order valence-corrected chi connectivity index (χ3v) is 5.87. The molecule has 186 valence electrons. The van der Waals surface area contributed by atoms with Gasteiger partial charge in [0.1, 0.15) is 0 Å². The Morgan fingerprint density at radius 1 is 0.818 bits per heavy atom. The lowest BCUT2D eigenvalue weighted by atomic mass is 10.0. The van der Waals surface area contributed by atoms with Gasteiger partial charge in [-0.25, -0.2) is 0 Å². The highest BCUT2D eigenvalue weighted by Crippen LogP contribution is 2.20. The molecule has 0 aromatic heterocycles. The van der Waals surface area contributed by atoms with Crippen LogP contribution in [0.5, 0.6) is 0 Å². The first-order valence-corrected chi connectivity index (χ1v) is 13.1. The van der Waals surface area contributed by atoms with E-state index in [1.165, 1.54) is 68.6 Å². The third-order valence-electron chi connectivity index (χ3n) is 5.87. The van der Waals surface area contributed by atoms with E-state index >= 15 is 0 Å². The van der Waals surface area contributed by atoms with Gasteiger partial charge in [-0.2, -0.15) is 0 Å². The summed E-state index contributed by atoms with van der Waals surface area (Å²) in [5.41, 5.74) is 0.969. The zero-order valence-corrected chi connectivity index (χ0v) is 21.2. The van der Waals surface area contributed by atoms with Gasteiger partial charge in [-0.05, 0) is 28.8 Å². The second-order valence-corrected chi connectivity index (χ2v) is 9.36. The Morgan fingerprint density at radius 3 is 1.91 bits per heavy atom. The maximum Gasteiger partial charge on any atom is 0.303 e. The molecule has 0 heterocycles. The molecule has 2 aromatic rings. The summed E-state index contributed by atoms with van der Waals surface area (Å²) in [7, 11) is 0. The smallest absolute Gasteiger partial charge is 0.303 e. The zero-order valence-electron chi connectivity index (χ0n) is 21.2. The summed E-state index contributed by atoms with van der Waals surface area (Å²) in [6.07, 6.45) is 13.9. The molecule has 1 unspecified atom stereocenters. The topological polar surface area (TPSA) is 69.6 Å². The fraction of sp³-hybridized carbons (Fsp3) is 0.621. The predicted molar refractivity (Wildman–Crippen MR) is 141 cm³/mol. The first-order chi connectivity index (χ1) is 15.9. The van der Waals surface area contributed by atoms with Crippen molar-refractivity contribution in [2.75, 3.05) is 6.54 Å². The van der Waals surface area contributed by atoms with E-state index in [9.17, 15) is 9.90 Å². The maximum absolute atomic E-state index is 10.3. The van der Waals surface area contributed by atoms with E-state index in [4.69, 9.17) is 5.11 Å². The summed E-state index contributed by atoms with van der Waals surface area (Å²) in [5.74, 6) is -0.657. The SMILES string of the molecule is CC(C)NCC(O)c1ccc2ccccc2c1.CCCCCCCCCCCCCC(=O)O. The molecule has 0 saturated carbocycles. The van der Waals surface area contributed by atoms with E-state index in [1.54, 1.807) is 0 Å². The molecule has 3 N–H and O–H groups in total. The molecule has 2 aromatic carbocycles. The molecule has 4 heteroatoms. The second kappa shape index (κ2) is 18.5. The number of unbranched alkanes of at least 4 members (excludes halogenated alkanes) is 10. The summed E-state index contributed by atoms with van der Waals surface area (Å²) >= 11 is 0. The van der Waals surface area contributed by atoms with Crippen LogP contribution >= 0.6 is 0 Å². The highest BCUT2D eigenvalue weighted by Gasteiger charge is 2.08. The minimum absolute atomic E-state index is 0.344. The predicted octanol–water partition coefficient (Wildman–Crippen LogP) is 7.64. The van der Waals surface area contributed by atoms with Crippen LogP contribution in [-0.4, -0.2) is 28.8 Å². The Balaban J connectivity index is 0.000000331. The largest absolute Gasteiger partial charge is 0.481 e. The van der Waals surface area contributed by atoms with Crippen LogP contribution in [0, 0.1) is 0 Å². The quantitative estimate of drug-likeness (QED) is 0.226. The highest BCUT2D eigenvalue weighted by molar-refractivity contribution is 5.83. The summed E-state index contributed by atoms with van der Waals surface area (Å²) in [5, 5.41) is 24.1. The number of carboxylic acid groups (broad SMARTS) is 1. The fourth-order valence-corrected chi connectivity index (χ4v) is 3.82. The zero-order chi connectivity index (χ0) is 24.3. The Morgan fingerprint density at radius 2 is 1.36 bits per heavy atom. The number of nitrogens with one attached hydrogen (secondary N) is 1. The van der Waals surface area contributed by atoms with Gasteiger partial charge in [0.05, 0.1) is 6.10 Å². The minimum Gasteiger partial charge on any atom is -0.481 e. The molecule has 4 nitrogen and oxygen atoms in total. The molecule has 0 spiro atoms. The number of carboxylic acids is 1. The van der Waals surface area contributed by atoms with Crippen molar-refractivity contribution in [2.45, 2.75) is 110 Å². The van der Waals surface area contributed by atoms with Gasteiger partial charge in [0.2, 0.25) is 0 Å². The Bertz CT molecular complexity index is 759. The van der Waals surface area contributed by atoms with E-state index in [-0.39, 0.29) is 0 Å². The molecule has 0 aliphatic heterocycles. The Kier molecular flexibility index (Phi) is 16.3. The van der Waals surface area contributed by atoms with Crippen LogP contribution in [0.25, 0.3) is 10.8 Å². The molecule has 0 radical (unpaired) electrons. The van der Waals surface area contributed by atoms with Crippen molar-refractivity contribution in [3.63, 3.8) is 0 Å². The molecule has 0 saturated heterocycles. The van der Waals surface area contributed by atoms with Crippen LogP contribution in [-0.2, 0) is 4.79 Å². The number of aliphatic hydroxyl groups is 1. The summed E-state index contributed by atoms with van der Waals surface area (Å²) in [6.45, 7) is 6.99. The van der Waals surface area contributed by atoms with E-state index in [1.807, 2.05) is 18.2 Å². The van der Waals surface area contributed by atoms with Crippen LogP contribution in [0.2, 0.25) is 0 Å². The van der Waals surface area contributed by atoms with Crippen molar-refractivity contribution in [3.05, 3.63) is 48.0 Å². The fourth-order valence-electron chi connectivity index (χ4n) is 3.82. The van der Waals surface area contributed by atoms with Gasteiger partial charge in [-0.3, -0.25) is 4.79 Å². The van der Waals surface area contributed by atoms with Gasteiger partial charge in [-0.15, -0.1) is 0 Å². The van der Waals surface area contributed by atoms with E-state index in [0.29, 0.717) is 19.0 Å². The van der Waals surface area contributed by atoms with Crippen molar-refractivity contribution < 1.29 is 15.0 Å². The average Bonchev–Trinajstić information content (AvgIpc) is 2.81. The van der Waals surface area contributed by atoms with Crippen molar-refractivity contribution >= 4 is 16.7 Å². The molecule has 0 aliphatic carbocycles. The number of aliphatic hydroxyl groups excluding tert-OH is 1. The molecule has 33 heavy (non-hydrogen) atoms. The number of hydrogen-bond donors (Lipinski definition) is 3. The monoisotopic (exact) mass is 457 g/mol. The normalized spacial score (nSPS) is 11.9. The Labute approximate surface area is 201 Å². The molecule has 0 aliphatic rings. The maximum atomic E-state index is 10.3. The molecular weight excluding hydrogens is 410 g/mol. The molecule has 0 fully saturated rings. The Hall–Kier alpha value is -1.91. The summed E-state index contributed by atoms with van der Waals surface area (Å²) in [6, 6.07) is 14.7. The first-order valence-electron chi connectivity index (χ1n) is 13.1. The second-order valence-electron chi connectivity index (χ2n) is 9.36. The van der Waals surface area contributed by atoms with Gasteiger partial charge in [-0.1, -0.05) is 121 Å². The third kappa shape index (κ3) is 14.8. The van der Waals surface area contributed by atoms with E-state index in [0.717, 1.165) is 18.4 Å².